The number of carbonyl (C=O) groups is 1. The number of β-lactam (4-membered cyclic amide) rings is 1. The summed E-state index contributed by atoms with van der Waals surface area (Å²) in [5.74, 6) is -1.26. The Morgan fingerprint density at radius 2 is 1.24 bits per heavy atom. The molecule has 1 heterocycles. The lowest BCUT2D eigenvalue weighted by molar-refractivity contribution is -0.131. The second kappa shape index (κ2) is 10.3. The molecular weight excluding hydrogens is 491 g/mol. The van der Waals surface area contributed by atoms with E-state index >= 15 is 0 Å². The largest absolute Gasteiger partial charge is 0.497 e. The summed E-state index contributed by atoms with van der Waals surface area (Å²) >= 11 is 0. The van der Waals surface area contributed by atoms with Gasteiger partial charge in [0.15, 0.2) is 0 Å². The van der Waals surface area contributed by atoms with Gasteiger partial charge >= 0.3 is 0 Å². The first kappa shape index (κ1) is 25.5. The van der Waals surface area contributed by atoms with Crippen LogP contribution in [0, 0.1) is 23.4 Å². The van der Waals surface area contributed by atoms with E-state index in [9.17, 15) is 23.1 Å². The van der Waals surface area contributed by atoms with Crippen LogP contribution in [0.4, 0.5) is 18.9 Å². The molecule has 2 atom stereocenters. The molecule has 194 valence electrons. The van der Waals surface area contributed by atoms with Gasteiger partial charge < -0.3 is 14.7 Å². The Morgan fingerprint density at radius 3 is 1.71 bits per heavy atom. The minimum absolute atomic E-state index is 0.130. The van der Waals surface area contributed by atoms with Gasteiger partial charge in [-0.2, -0.15) is 0 Å². The summed E-state index contributed by atoms with van der Waals surface area (Å²) in [4.78, 5) is 15.1. The Labute approximate surface area is 218 Å². The van der Waals surface area contributed by atoms with Gasteiger partial charge in [0.1, 0.15) is 28.8 Å². The highest BCUT2D eigenvalue weighted by Crippen LogP contribution is 2.48. The molecule has 0 radical (unpaired) electrons. The van der Waals surface area contributed by atoms with E-state index in [0.29, 0.717) is 29.0 Å². The Morgan fingerprint density at radius 1 is 0.763 bits per heavy atom. The molecular formula is C31H26F3NO3. The van der Waals surface area contributed by atoms with Crippen molar-refractivity contribution in [3.63, 3.8) is 0 Å². The second-order valence-electron chi connectivity index (χ2n) is 9.42. The van der Waals surface area contributed by atoms with Crippen LogP contribution >= 0.6 is 0 Å². The molecule has 0 aromatic heterocycles. The Kier molecular flexibility index (Phi) is 6.95. The maximum Gasteiger partial charge on any atom is 0.233 e. The highest BCUT2D eigenvalue weighted by molar-refractivity contribution is 6.03. The van der Waals surface area contributed by atoms with Crippen molar-refractivity contribution in [3.05, 3.63) is 131 Å². The lowest BCUT2D eigenvalue weighted by Crippen LogP contribution is -2.55. The maximum absolute atomic E-state index is 13.7. The van der Waals surface area contributed by atoms with Gasteiger partial charge in [-0.05, 0) is 90.2 Å². The third kappa shape index (κ3) is 4.77. The lowest BCUT2D eigenvalue weighted by Gasteiger charge is -2.48. The van der Waals surface area contributed by atoms with Crippen molar-refractivity contribution in [2.45, 2.75) is 24.5 Å². The van der Waals surface area contributed by atoms with E-state index < -0.39 is 29.0 Å². The molecule has 1 fully saturated rings. The van der Waals surface area contributed by atoms with Crippen LogP contribution < -0.4 is 9.64 Å². The van der Waals surface area contributed by atoms with Crippen LogP contribution in [-0.4, -0.2) is 18.1 Å². The topological polar surface area (TPSA) is 49.8 Å². The minimum Gasteiger partial charge on any atom is -0.497 e. The Hall–Kier alpha value is -4.10. The molecule has 1 aliphatic heterocycles. The van der Waals surface area contributed by atoms with E-state index in [-0.39, 0.29) is 18.4 Å². The number of benzene rings is 4. The Bertz CT molecular complexity index is 1360. The average Bonchev–Trinajstić information content (AvgIpc) is 2.93. The van der Waals surface area contributed by atoms with Gasteiger partial charge in [-0.3, -0.25) is 4.79 Å². The normalized spacial score (nSPS) is 17.3. The van der Waals surface area contributed by atoms with E-state index in [1.165, 1.54) is 60.7 Å². The van der Waals surface area contributed by atoms with Gasteiger partial charge in [-0.15, -0.1) is 0 Å². The van der Waals surface area contributed by atoms with Gasteiger partial charge in [0.2, 0.25) is 5.91 Å². The van der Waals surface area contributed by atoms with E-state index in [1.807, 2.05) is 24.3 Å². The van der Waals surface area contributed by atoms with Crippen molar-refractivity contribution in [1.29, 1.82) is 0 Å². The van der Waals surface area contributed by atoms with Crippen molar-refractivity contribution < 1.29 is 27.8 Å². The van der Waals surface area contributed by atoms with Gasteiger partial charge in [0.05, 0.1) is 19.1 Å². The third-order valence-electron chi connectivity index (χ3n) is 7.24. The number of hydrogen-bond donors (Lipinski definition) is 1. The Balaban J connectivity index is 1.48. The first-order chi connectivity index (χ1) is 18.3. The van der Waals surface area contributed by atoms with Crippen LogP contribution in [0.1, 0.15) is 35.6 Å². The number of aliphatic hydroxyl groups is 1. The standard InChI is InChI=1S/C31H26F3NO3/c1-38-27-16-2-20(3-17-27)29-28(30(36)35(29)26-14-12-25(34)13-15-26)18-19-31(37,21-4-8-23(32)9-5-21)22-6-10-24(33)11-7-22/h2-17,28-29,37H,18-19H2,1H3. The fourth-order valence-corrected chi connectivity index (χ4v) is 5.17. The number of rotatable bonds is 8. The molecule has 5 rings (SSSR count). The molecule has 1 N–H and O–H groups in total. The predicted molar refractivity (Wildman–Crippen MR) is 138 cm³/mol. The summed E-state index contributed by atoms with van der Waals surface area (Å²) in [6, 6.07) is 23.8. The number of amides is 1. The summed E-state index contributed by atoms with van der Waals surface area (Å²) < 4.78 is 46.2. The molecule has 38 heavy (non-hydrogen) atoms. The van der Waals surface area contributed by atoms with E-state index in [4.69, 9.17) is 4.74 Å². The van der Waals surface area contributed by atoms with Gasteiger partial charge in [-0.1, -0.05) is 36.4 Å². The van der Waals surface area contributed by atoms with Crippen LogP contribution in [0.25, 0.3) is 0 Å². The zero-order valence-electron chi connectivity index (χ0n) is 20.7. The number of hydrogen-bond acceptors (Lipinski definition) is 3. The van der Waals surface area contributed by atoms with Crippen LogP contribution in [-0.2, 0) is 10.4 Å². The molecule has 1 saturated heterocycles. The number of anilines is 1. The number of ether oxygens (including phenoxy) is 1. The number of nitrogens with zero attached hydrogens (tertiary/aromatic N) is 1. The minimum atomic E-state index is -1.58. The van der Waals surface area contributed by atoms with Crippen LogP contribution in [0.15, 0.2) is 97.1 Å². The average molecular weight is 518 g/mol. The van der Waals surface area contributed by atoms with Gasteiger partial charge in [0, 0.05) is 5.69 Å². The molecule has 0 spiro atoms. The molecule has 4 nitrogen and oxygen atoms in total. The molecule has 0 saturated carbocycles. The van der Waals surface area contributed by atoms with E-state index in [1.54, 1.807) is 24.1 Å². The van der Waals surface area contributed by atoms with Crippen molar-refractivity contribution in [3.8, 4) is 5.75 Å². The molecule has 1 aliphatic rings. The number of carbonyl (C=O) groups excluding carboxylic acids is 1. The van der Waals surface area contributed by atoms with Crippen molar-refractivity contribution in [2.75, 3.05) is 12.0 Å². The van der Waals surface area contributed by atoms with Gasteiger partial charge in [0.25, 0.3) is 0 Å². The predicted octanol–water partition coefficient (Wildman–Crippen LogP) is 6.53. The van der Waals surface area contributed by atoms with Gasteiger partial charge in [-0.25, -0.2) is 13.2 Å². The molecule has 0 aliphatic carbocycles. The number of methoxy groups -OCH3 is 1. The zero-order chi connectivity index (χ0) is 26.9. The quantitative estimate of drug-likeness (QED) is 0.270. The second-order valence-corrected chi connectivity index (χ2v) is 9.42. The smallest absolute Gasteiger partial charge is 0.233 e. The maximum atomic E-state index is 13.7. The highest BCUT2D eigenvalue weighted by atomic mass is 19.1. The first-order valence-corrected chi connectivity index (χ1v) is 12.3. The summed E-state index contributed by atoms with van der Waals surface area (Å²) in [6.45, 7) is 0. The lowest BCUT2D eigenvalue weighted by atomic mass is 9.74. The SMILES string of the molecule is COc1ccc(C2C(CCC(O)(c3ccc(F)cc3)c3ccc(F)cc3)C(=O)N2c2ccc(F)cc2)cc1. The van der Waals surface area contributed by atoms with Crippen LogP contribution in [0.5, 0.6) is 5.75 Å². The summed E-state index contributed by atoms with van der Waals surface area (Å²) in [6.07, 6.45) is 0.420. The van der Waals surface area contributed by atoms with Crippen LogP contribution in [0.2, 0.25) is 0 Å². The summed E-state index contributed by atoms with van der Waals surface area (Å²) in [7, 11) is 1.57. The molecule has 7 heteroatoms. The van der Waals surface area contributed by atoms with Crippen molar-refractivity contribution in [2.24, 2.45) is 5.92 Å². The third-order valence-corrected chi connectivity index (χ3v) is 7.24. The van der Waals surface area contributed by atoms with E-state index in [0.717, 1.165) is 5.56 Å². The summed E-state index contributed by atoms with van der Waals surface area (Å²) in [5, 5.41) is 11.9. The van der Waals surface area contributed by atoms with Crippen molar-refractivity contribution in [1.82, 2.24) is 0 Å². The molecule has 1 amide bonds. The monoisotopic (exact) mass is 517 g/mol. The molecule has 2 unspecified atom stereocenters. The fourth-order valence-electron chi connectivity index (χ4n) is 5.17. The van der Waals surface area contributed by atoms with E-state index in [2.05, 4.69) is 0 Å². The molecule has 4 aromatic rings. The first-order valence-electron chi connectivity index (χ1n) is 12.3. The van der Waals surface area contributed by atoms with Crippen molar-refractivity contribution >= 4 is 11.6 Å². The number of halogens is 3. The van der Waals surface area contributed by atoms with Crippen LogP contribution in [0.3, 0.4) is 0 Å². The molecule has 4 aromatic carbocycles. The molecule has 0 bridgehead atoms. The highest BCUT2D eigenvalue weighted by Gasteiger charge is 2.49. The summed E-state index contributed by atoms with van der Waals surface area (Å²) in [5.41, 5.74) is 0.734. The zero-order valence-corrected chi connectivity index (χ0v) is 20.7. The fraction of sp³-hybridized carbons (Fsp3) is 0.194.